The van der Waals surface area contributed by atoms with Gasteiger partial charge in [0.1, 0.15) is 30.0 Å². The first-order valence-corrected chi connectivity index (χ1v) is 10.6. The molecule has 4 nitrogen and oxygen atoms in total. The van der Waals surface area contributed by atoms with E-state index in [0.29, 0.717) is 6.61 Å². The number of likely N-dealkylation sites (N-methyl/N-ethyl adjacent to an activating group) is 1. The molecule has 30 heavy (non-hydrogen) atoms. The Morgan fingerprint density at radius 1 is 1.00 bits per heavy atom. The Balaban J connectivity index is 1.56. The fraction of sp³-hybridized carbons (Fsp3) is 0.308. The largest absolute Gasteiger partial charge is 0.508 e. The average Bonchev–Trinajstić information content (AvgIpc) is 2.79. The van der Waals surface area contributed by atoms with Crippen molar-refractivity contribution in [2.75, 3.05) is 26.7 Å². The molecule has 1 heterocycles. The predicted molar refractivity (Wildman–Crippen MR) is 119 cm³/mol. The zero-order valence-corrected chi connectivity index (χ0v) is 17.6. The van der Waals surface area contributed by atoms with Gasteiger partial charge in [0.05, 0.1) is 0 Å². The molecule has 1 N–H and O–H groups in total. The van der Waals surface area contributed by atoms with E-state index in [1.54, 1.807) is 12.1 Å². The highest BCUT2D eigenvalue weighted by atomic mass is 16.5. The van der Waals surface area contributed by atoms with Crippen LogP contribution < -0.4 is 9.47 Å². The first kappa shape index (κ1) is 20.3. The molecule has 0 saturated heterocycles. The highest BCUT2D eigenvalue weighted by Gasteiger charge is 2.32. The summed E-state index contributed by atoms with van der Waals surface area (Å²) in [5.74, 6) is 2.06. The topological polar surface area (TPSA) is 41.9 Å². The van der Waals surface area contributed by atoms with Gasteiger partial charge in [0.2, 0.25) is 0 Å². The first-order valence-electron chi connectivity index (χ1n) is 10.6. The van der Waals surface area contributed by atoms with Crippen LogP contribution in [0, 0.1) is 0 Å². The lowest BCUT2D eigenvalue weighted by Gasteiger charge is -2.34. The van der Waals surface area contributed by atoms with Crippen LogP contribution in [0.4, 0.5) is 0 Å². The van der Waals surface area contributed by atoms with E-state index in [1.807, 2.05) is 24.3 Å². The Labute approximate surface area is 178 Å². The van der Waals surface area contributed by atoms with Crippen LogP contribution in [0.2, 0.25) is 0 Å². The van der Waals surface area contributed by atoms with Gasteiger partial charge in [0, 0.05) is 18.5 Å². The number of phenolic OH excluding ortho intramolecular Hbond substituents is 1. The van der Waals surface area contributed by atoms with Crippen molar-refractivity contribution >= 4 is 0 Å². The number of phenols is 1. The molecule has 2 unspecified atom stereocenters. The van der Waals surface area contributed by atoms with E-state index >= 15 is 0 Å². The molecule has 0 bridgehead atoms. The summed E-state index contributed by atoms with van der Waals surface area (Å²) in [4.78, 5) is 2.22. The predicted octanol–water partition coefficient (Wildman–Crippen LogP) is 5.18. The van der Waals surface area contributed by atoms with Gasteiger partial charge in [-0.3, -0.25) is 0 Å². The number of rotatable bonds is 7. The number of nitrogens with zero attached hydrogens (tertiary/aromatic N) is 1. The first-order chi connectivity index (χ1) is 14.6. The highest BCUT2D eigenvalue weighted by molar-refractivity contribution is 5.45. The van der Waals surface area contributed by atoms with Crippen molar-refractivity contribution in [3.05, 3.63) is 89.5 Å². The summed E-state index contributed by atoms with van der Waals surface area (Å²) in [6.45, 7) is 4.72. The molecule has 0 aliphatic carbocycles. The lowest BCUT2D eigenvalue weighted by Crippen LogP contribution is -2.24. The lowest BCUT2D eigenvalue weighted by atomic mass is 9.82. The van der Waals surface area contributed by atoms with Crippen molar-refractivity contribution in [1.29, 1.82) is 0 Å². The van der Waals surface area contributed by atoms with Gasteiger partial charge in [0.25, 0.3) is 0 Å². The number of benzene rings is 3. The molecule has 1 aliphatic rings. The van der Waals surface area contributed by atoms with Crippen LogP contribution >= 0.6 is 0 Å². The number of ether oxygens (including phenoxy) is 2. The smallest absolute Gasteiger partial charge is 0.131 e. The summed E-state index contributed by atoms with van der Waals surface area (Å²) in [5, 5.41) is 9.90. The summed E-state index contributed by atoms with van der Waals surface area (Å²) >= 11 is 0. The Morgan fingerprint density at radius 2 is 1.77 bits per heavy atom. The normalized spacial score (nSPS) is 18.0. The molecule has 0 aromatic heterocycles. The van der Waals surface area contributed by atoms with Crippen molar-refractivity contribution in [2.45, 2.75) is 25.4 Å². The molecule has 3 aromatic rings. The second-order valence-corrected chi connectivity index (χ2v) is 7.87. The standard InChI is InChI=1S/C26H29NO3/c1-3-27(2)15-16-29-23-13-10-20(11-14-23)26-24(19-7-5-4-6-8-19)17-21-9-12-22(28)18-25(21)30-26/h4-14,18,24,26,28H,3,15-17H2,1-2H3. The van der Waals surface area contributed by atoms with Gasteiger partial charge in [-0.2, -0.15) is 0 Å². The molecule has 3 aromatic carbocycles. The van der Waals surface area contributed by atoms with E-state index in [-0.39, 0.29) is 17.8 Å². The summed E-state index contributed by atoms with van der Waals surface area (Å²) in [5.41, 5.74) is 3.48. The quantitative estimate of drug-likeness (QED) is 0.590. The summed E-state index contributed by atoms with van der Waals surface area (Å²) < 4.78 is 12.3. The number of hydrogen-bond donors (Lipinski definition) is 1. The zero-order valence-electron chi connectivity index (χ0n) is 17.6. The molecule has 2 atom stereocenters. The van der Waals surface area contributed by atoms with E-state index in [4.69, 9.17) is 9.47 Å². The molecule has 0 fully saturated rings. The number of aromatic hydroxyl groups is 1. The second kappa shape index (κ2) is 9.23. The van der Waals surface area contributed by atoms with Crippen molar-refractivity contribution in [3.63, 3.8) is 0 Å². The molecule has 0 spiro atoms. The average molecular weight is 404 g/mol. The van der Waals surface area contributed by atoms with Gasteiger partial charge < -0.3 is 19.5 Å². The van der Waals surface area contributed by atoms with Gasteiger partial charge >= 0.3 is 0 Å². The third-order valence-electron chi connectivity index (χ3n) is 5.83. The summed E-state index contributed by atoms with van der Waals surface area (Å²) in [7, 11) is 2.09. The van der Waals surface area contributed by atoms with Gasteiger partial charge in [-0.1, -0.05) is 55.5 Å². The van der Waals surface area contributed by atoms with E-state index in [1.165, 1.54) is 5.56 Å². The molecule has 4 heteroatoms. The van der Waals surface area contributed by atoms with Crippen LogP contribution in [0.3, 0.4) is 0 Å². The highest BCUT2D eigenvalue weighted by Crippen LogP contribution is 2.45. The van der Waals surface area contributed by atoms with Crippen LogP contribution in [0.25, 0.3) is 0 Å². The van der Waals surface area contributed by atoms with E-state index in [0.717, 1.165) is 42.1 Å². The number of fused-ring (bicyclic) bond motifs is 1. The zero-order chi connectivity index (χ0) is 20.9. The number of hydrogen-bond acceptors (Lipinski definition) is 4. The monoisotopic (exact) mass is 403 g/mol. The van der Waals surface area contributed by atoms with Crippen molar-refractivity contribution in [1.82, 2.24) is 4.90 Å². The summed E-state index contributed by atoms with van der Waals surface area (Å²) in [6, 6.07) is 24.1. The van der Waals surface area contributed by atoms with E-state index < -0.39 is 0 Å². The maximum atomic E-state index is 9.90. The third kappa shape index (κ3) is 4.60. The second-order valence-electron chi connectivity index (χ2n) is 7.87. The van der Waals surface area contributed by atoms with Gasteiger partial charge in [0.15, 0.2) is 0 Å². The minimum Gasteiger partial charge on any atom is -0.508 e. The van der Waals surface area contributed by atoms with Crippen molar-refractivity contribution in [2.24, 2.45) is 0 Å². The molecule has 4 rings (SSSR count). The Kier molecular flexibility index (Phi) is 6.24. The van der Waals surface area contributed by atoms with E-state index in [2.05, 4.69) is 55.3 Å². The van der Waals surface area contributed by atoms with Crippen LogP contribution in [-0.4, -0.2) is 36.8 Å². The van der Waals surface area contributed by atoms with Gasteiger partial charge in [-0.05, 0) is 54.9 Å². The van der Waals surface area contributed by atoms with Gasteiger partial charge in [-0.15, -0.1) is 0 Å². The van der Waals surface area contributed by atoms with Crippen LogP contribution in [0.5, 0.6) is 17.2 Å². The third-order valence-corrected chi connectivity index (χ3v) is 5.83. The minimum absolute atomic E-state index is 0.123. The van der Waals surface area contributed by atoms with Crippen molar-refractivity contribution < 1.29 is 14.6 Å². The molecule has 0 radical (unpaired) electrons. The fourth-order valence-corrected chi connectivity index (χ4v) is 3.91. The maximum absolute atomic E-state index is 9.90. The lowest BCUT2D eigenvalue weighted by molar-refractivity contribution is 0.151. The molecule has 0 amide bonds. The van der Waals surface area contributed by atoms with Gasteiger partial charge in [-0.25, -0.2) is 0 Å². The molecular formula is C26H29NO3. The van der Waals surface area contributed by atoms with Crippen LogP contribution in [-0.2, 0) is 6.42 Å². The molecule has 0 saturated carbocycles. The minimum atomic E-state index is -0.123. The van der Waals surface area contributed by atoms with Crippen LogP contribution in [0.15, 0.2) is 72.8 Å². The molecule has 1 aliphatic heterocycles. The maximum Gasteiger partial charge on any atom is 0.131 e. The SMILES string of the molecule is CCN(C)CCOc1ccc(C2Oc3cc(O)ccc3CC2c2ccccc2)cc1. The summed E-state index contributed by atoms with van der Waals surface area (Å²) in [6.07, 6.45) is 0.744. The Hall–Kier alpha value is -2.98. The van der Waals surface area contributed by atoms with Crippen LogP contribution in [0.1, 0.15) is 35.6 Å². The fourth-order valence-electron chi connectivity index (χ4n) is 3.91. The Bertz CT molecular complexity index is 956. The molecular weight excluding hydrogens is 374 g/mol. The Morgan fingerprint density at radius 3 is 2.50 bits per heavy atom. The molecule has 156 valence electrons. The van der Waals surface area contributed by atoms with E-state index in [9.17, 15) is 5.11 Å². The van der Waals surface area contributed by atoms with Crippen molar-refractivity contribution in [3.8, 4) is 17.2 Å².